The van der Waals surface area contributed by atoms with E-state index in [4.69, 9.17) is 14.2 Å². The molecule has 0 amide bonds. The molecular weight excluding hydrogens is 136 g/mol. The number of aliphatic hydroxyl groups is 1. The molecule has 2 fully saturated rings. The summed E-state index contributed by atoms with van der Waals surface area (Å²) in [7, 11) is 0. The molecule has 0 aromatic heterocycles. The van der Waals surface area contributed by atoms with Gasteiger partial charge in [0.2, 0.25) is 0 Å². The third-order valence-electron chi connectivity index (χ3n) is 1.75. The molecule has 1 N–H and O–H groups in total. The number of ether oxygens (including phenoxy) is 3. The van der Waals surface area contributed by atoms with Crippen LogP contribution in [-0.4, -0.2) is 36.5 Å². The maximum atomic E-state index is 9.19. The van der Waals surface area contributed by atoms with Crippen LogP contribution < -0.4 is 0 Å². The molecule has 2 saturated heterocycles. The molecule has 0 saturated carbocycles. The van der Waals surface area contributed by atoms with Crippen LogP contribution in [0.4, 0.5) is 0 Å². The molecule has 2 heterocycles. The van der Waals surface area contributed by atoms with E-state index in [1.54, 1.807) is 6.92 Å². The van der Waals surface area contributed by atoms with Crippen LogP contribution in [0.15, 0.2) is 0 Å². The summed E-state index contributed by atoms with van der Waals surface area (Å²) in [4.78, 5) is 0. The molecule has 0 unspecified atom stereocenters. The van der Waals surface area contributed by atoms with Gasteiger partial charge in [0.05, 0.1) is 6.61 Å². The molecule has 10 heavy (non-hydrogen) atoms. The van der Waals surface area contributed by atoms with Gasteiger partial charge in [0, 0.05) is 0 Å². The second kappa shape index (κ2) is 2.17. The third-order valence-corrected chi connectivity index (χ3v) is 1.75. The zero-order chi connectivity index (χ0) is 7.14. The van der Waals surface area contributed by atoms with Gasteiger partial charge < -0.3 is 19.3 Å². The van der Waals surface area contributed by atoms with Crippen molar-refractivity contribution in [1.29, 1.82) is 0 Å². The first-order valence-electron chi connectivity index (χ1n) is 3.38. The van der Waals surface area contributed by atoms with E-state index >= 15 is 0 Å². The minimum atomic E-state index is -0.519. The summed E-state index contributed by atoms with van der Waals surface area (Å²) >= 11 is 0. The summed E-state index contributed by atoms with van der Waals surface area (Å²) in [6.07, 6.45) is -1.38. The Balaban J connectivity index is 2.05. The summed E-state index contributed by atoms with van der Waals surface area (Å²) in [6, 6.07) is 0. The molecule has 4 atom stereocenters. The zero-order valence-corrected chi connectivity index (χ0v) is 5.69. The lowest BCUT2D eigenvalue weighted by molar-refractivity contribution is -0.137. The molecule has 0 aromatic carbocycles. The van der Waals surface area contributed by atoms with E-state index in [2.05, 4.69) is 0 Å². The predicted molar refractivity (Wildman–Crippen MR) is 31.2 cm³/mol. The number of aliphatic hydroxyl groups excluding tert-OH is 1. The summed E-state index contributed by atoms with van der Waals surface area (Å²) in [5.74, 6) is 0. The summed E-state index contributed by atoms with van der Waals surface area (Å²) in [6.45, 7) is 2.11. The molecule has 0 aliphatic carbocycles. The number of hydrogen-bond acceptors (Lipinski definition) is 4. The minimum Gasteiger partial charge on any atom is -0.388 e. The topological polar surface area (TPSA) is 47.9 Å². The summed E-state index contributed by atoms with van der Waals surface area (Å²) < 4.78 is 15.4. The van der Waals surface area contributed by atoms with Crippen LogP contribution in [0.3, 0.4) is 0 Å². The van der Waals surface area contributed by atoms with Crippen molar-refractivity contribution in [1.82, 2.24) is 0 Å². The Hall–Kier alpha value is -0.160. The fraction of sp³-hybridized carbons (Fsp3) is 1.00. The lowest BCUT2D eigenvalue weighted by atomic mass is 10.2. The minimum absolute atomic E-state index is 0.245. The molecule has 4 heteroatoms. The maximum Gasteiger partial charge on any atom is 0.189 e. The number of rotatable bonds is 0. The molecule has 2 aliphatic rings. The van der Waals surface area contributed by atoms with Crippen molar-refractivity contribution in [3.8, 4) is 0 Å². The van der Waals surface area contributed by atoms with Crippen LogP contribution >= 0.6 is 0 Å². The van der Waals surface area contributed by atoms with Gasteiger partial charge in [-0.25, -0.2) is 0 Å². The van der Waals surface area contributed by atoms with E-state index in [1.165, 1.54) is 0 Å². The van der Waals surface area contributed by atoms with E-state index in [-0.39, 0.29) is 18.7 Å². The van der Waals surface area contributed by atoms with Crippen molar-refractivity contribution >= 4 is 0 Å². The number of fused-ring (bicyclic) bond motifs is 1. The first-order valence-corrected chi connectivity index (χ1v) is 3.38. The summed E-state index contributed by atoms with van der Waals surface area (Å²) in [5, 5.41) is 9.19. The molecule has 0 spiro atoms. The molecule has 0 bridgehead atoms. The average Bonchev–Trinajstić information content (AvgIpc) is 2.35. The molecule has 58 valence electrons. The van der Waals surface area contributed by atoms with Crippen LogP contribution in [-0.2, 0) is 14.2 Å². The summed E-state index contributed by atoms with van der Waals surface area (Å²) in [5.41, 5.74) is 0. The average molecular weight is 146 g/mol. The van der Waals surface area contributed by atoms with Gasteiger partial charge in [-0.3, -0.25) is 0 Å². The SMILES string of the molecule is C[C@@H]1O[C@H]2OC[C@@H](O)[C@H]2O1. The van der Waals surface area contributed by atoms with Gasteiger partial charge in [-0.15, -0.1) is 0 Å². The fourth-order valence-corrected chi connectivity index (χ4v) is 1.28. The zero-order valence-electron chi connectivity index (χ0n) is 5.69. The normalized spacial score (nSPS) is 53.4. The highest BCUT2D eigenvalue weighted by Gasteiger charge is 2.44. The Morgan fingerprint density at radius 3 is 2.90 bits per heavy atom. The van der Waals surface area contributed by atoms with Crippen molar-refractivity contribution in [2.45, 2.75) is 31.7 Å². The van der Waals surface area contributed by atoms with E-state index in [0.717, 1.165) is 0 Å². The van der Waals surface area contributed by atoms with Crippen molar-refractivity contribution in [3.05, 3.63) is 0 Å². The largest absolute Gasteiger partial charge is 0.388 e. The highest BCUT2D eigenvalue weighted by Crippen LogP contribution is 2.27. The molecule has 2 rings (SSSR count). The second-order valence-corrected chi connectivity index (χ2v) is 2.57. The van der Waals surface area contributed by atoms with E-state index in [0.29, 0.717) is 6.61 Å². The molecule has 4 nitrogen and oxygen atoms in total. The van der Waals surface area contributed by atoms with Gasteiger partial charge in [0.15, 0.2) is 12.6 Å². The molecular formula is C6H10O4. The molecule has 0 aromatic rings. The van der Waals surface area contributed by atoms with Crippen LogP contribution in [0.25, 0.3) is 0 Å². The Labute approximate surface area is 58.7 Å². The molecule has 2 aliphatic heterocycles. The van der Waals surface area contributed by atoms with Crippen LogP contribution in [0.2, 0.25) is 0 Å². The predicted octanol–water partition coefficient (Wildman–Crippen LogP) is -0.535. The van der Waals surface area contributed by atoms with Gasteiger partial charge >= 0.3 is 0 Å². The fourth-order valence-electron chi connectivity index (χ4n) is 1.28. The Bertz CT molecular complexity index is 138. The van der Waals surface area contributed by atoms with Crippen molar-refractivity contribution < 1.29 is 19.3 Å². The van der Waals surface area contributed by atoms with Gasteiger partial charge in [-0.1, -0.05) is 0 Å². The van der Waals surface area contributed by atoms with Crippen molar-refractivity contribution in [3.63, 3.8) is 0 Å². The molecule has 0 radical (unpaired) electrons. The first kappa shape index (κ1) is 6.54. The van der Waals surface area contributed by atoms with Gasteiger partial charge in [-0.05, 0) is 6.92 Å². The Morgan fingerprint density at radius 2 is 2.20 bits per heavy atom. The Morgan fingerprint density at radius 1 is 1.40 bits per heavy atom. The number of hydrogen-bond donors (Lipinski definition) is 1. The highest BCUT2D eigenvalue weighted by molar-refractivity contribution is 4.82. The van der Waals surface area contributed by atoms with Crippen LogP contribution in [0.5, 0.6) is 0 Å². The van der Waals surface area contributed by atoms with E-state index in [9.17, 15) is 5.11 Å². The van der Waals surface area contributed by atoms with Gasteiger partial charge in [0.25, 0.3) is 0 Å². The quantitative estimate of drug-likeness (QED) is 0.499. The maximum absolute atomic E-state index is 9.19. The van der Waals surface area contributed by atoms with Gasteiger partial charge in [-0.2, -0.15) is 0 Å². The van der Waals surface area contributed by atoms with Crippen molar-refractivity contribution in [2.75, 3.05) is 6.61 Å². The van der Waals surface area contributed by atoms with E-state index < -0.39 is 6.10 Å². The van der Waals surface area contributed by atoms with Crippen molar-refractivity contribution in [2.24, 2.45) is 0 Å². The highest BCUT2D eigenvalue weighted by atomic mass is 16.8. The lowest BCUT2D eigenvalue weighted by Gasteiger charge is -2.07. The standard InChI is InChI=1S/C6H10O4/c1-3-9-5-4(7)2-8-6(5)10-3/h3-7H,2H2,1H3/t3-,4+,5+,6+/m0/s1. The van der Waals surface area contributed by atoms with Crippen LogP contribution in [0.1, 0.15) is 6.92 Å². The lowest BCUT2D eigenvalue weighted by Crippen LogP contribution is -2.27. The first-order chi connectivity index (χ1) is 4.77. The van der Waals surface area contributed by atoms with Crippen LogP contribution in [0, 0.1) is 0 Å². The Kier molecular flexibility index (Phi) is 1.42. The second-order valence-electron chi connectivity index (χ2n) is 2.57. The van der Waals surface area contributed by atoms with Gasteiger partial charge in [0.1, 0.15) is 12.2 Å². The monoisotopic (exact) mass is 146 g/mol. The smallest absolute Gasteiger partial charge is 0.189 e. The third kappa shape index (κ3) is 0.845. The van der Waals surface area contributed by atoms with E-state index in [1.807, 2.05) is 0 Å².